The Morgan fingerprint density at radius 3 is 2.43 bits per heavy atom. The first-order valence-corrected chi connectivity index (χ1v) is 7.74. The summed E-state index contributed by atoms with van der Waals surface area (Å²) < 4.78 is 10.1. The number of esters is 1. The monoisotopic (exact) mass is 324 g/mol. The maximum absolute atomic E-state index is 12.2. The second kappa shape index (κ2) is 9.66. The lowest BCUT2D eigenvalue weighted by Crippen LogP contribution is -2.46. The number of nitro groups is 1. The van der Waals surface area contributed by atoms with E-state index in [4.69, 9.17) is 9.47 Å². The van der Waals surface area contributed by atoms with Gasteiger partial charge in [-0.25, -0.2) is 4.79 Å². The van der Waals surface area contributed by atoms with E-state index >= 15 is 0 Å². The number of methoxy groups -OCH3 is 1. The molecule has 2 atom stereocenters. The van der Waals surface area contributed by atoms with Crippen molar-refractivity contribution in [2.45, 2.75) is 45.2 Å². The van der Waals surface area contributed by atoms with Crippen LogP contribution in [0.3, 0.4) is 0 Å². The van der Waals surface area contributed by atoms with Gasteiger partial charge in [0, 0.05) is 17.0 Å². The predicted octanol–water partition coefficient (Wildman–Crippen LogP) is 2.87. The number of carbonyl (C=O) groups is 1. The lowest BCUT2D eigenvalue weighted by atomic mass is 10.0. The van der Waals surface area contributed by atoms with Gasteiger partial charge in [-0.3, -0.25) is 10.1 Å². The third-order valence-electron chi connectivity index (χ3n) is 3.46. The summed E-state index contributed by atoms with van der Waals surface area (Å²) in [5.74, 6) is 0.0566. The van der Waals surface area contributed by atoms with Gasteiger partial charge >= 0.3 is 5.97 Å². The summed E-state index contributed by atoms with van der Waals surface area (Å²) in [6.07, 6.45) is 1.81. The Morgan fingerprint density at radius 1 is 1.30 bits per heavy atom. The summed E-state index contributed by atoms with van der Waals surface area (Å²) in [4.78, 5) is 23.1. The van der Waals surface area contributed by atoms with E-state index in [1.54, 1.807) is 38.3 Å². The van der Waals surface area contributed by atoms with Crippen LogP contribution >= 0.6 is 0 Å². The van der Waals surface area contributed by atoms with Crippen molar-refractivity contribution in [3.63, 3.8) is 0 Å². The first-order chi connectivity index (χ1) is 11.0. The summed E-state index contributed by atoms with van der Waals surface area (Å²) in [5, 5.41) is 14.3. The second-order valence-corrected chi connectivity index (χ2v) is 5.10. The molecule has 0 spiro atoms. The molecule has 1 N–H and O–H groups in total. The largest absolute Gasteiger partial charge is 0.497 e. The molecule has 1 rings (SSSR count). The second-order valence-electron chi connectivity index (χ2n) is 5.10. The molecule has 0 bridgehead atoms. The highest BCUT2D eigenvalue weighted by atomic mass is 16.6. The number of hydrogen-bond donors (Lipinski definition) is 1. The molecule has 128 valence electrons. The fraction of sp³-hybridized carbons (Fsp3) is 0.562. The molecule has 7 nitrogen and oxygen atoms in total. The van der Waals surface area contributed by atoms with Crippen molar-refractivity contribution in [2.24, 2.45) is 0 Å². The highest BCUT2D eigenvalue weighted by molar-refractivity contribution is 5.80. The molecule has 0 aliphatic carbocycles. The molecule has 0 amide bonds. The fourth-order valence-corrected chi connectivity index (χ4v) is 2.22. The van der Waals surface area contributed by atoms with E-state index < -0.39 is 23.0 Å². The smallest absolute Gasteiger partial charge is 0.335 e. The zero-order chi connectivity index (χ0) is 17.2. The lowest BCUT2D eigenvalue weighted by molar-refractivity contribution is -0.524. The maximum Gasteiger partial charge on any atom is 0.335 e. The van der Waals surface area contributed by atoms with Crippen LogP contribution in [0.15, 0.2) is 24.3 Å². The van der Waals surface area contributed by atoms with Crippen LogP contribution in [0.2, 0.25) is 0 Å². The first-order valence-electron chi connectivity index (χ1n) is 7.74. The number of benzene rings is 1. The van der Waals surface area contributed by atoms with E-state index in [1.807, 2.05) is 6.92 Å². The Bertz CT molecular complexity index is 504. The SMILES string of the molecule is CCCCC(C(Nc1ccc(OC)cc1)C(=O)OCC)[N+](=O)[O-]. The molecule has 0 aromatic heterocycles. The number of hydrogen-bond acceptors (Lipinski definition) is 6. The average Bonchev–Trinajstić information content (AvgIpc) is 2.54. The van der Waals surface area contributed by atoms with E-state index in [1.165, 1.54) is 0 Å². The van der Waals surface area contributed by atoms with Gasteiger partial charge in [0.25, 0.3) is 0 Å². The van der Waals surface area contributed by atoms with Crippen LogP contribution in [-0.4, -0.2) is 36.7 Å². The Morgan fingerprint density at radius 2 is 1.96 bits per heavy atom. The number of unbranched alkanes of at least 4 members (excludes halogenated alkanes) is 1. The van der Waals surface area contributed by atoms with Crippen molar-refractivity contribution in [3.05, 3.63) is 34.4 Å². The van der Waals surface area contributed by atoms with Gasteiger partial charge in [-0.2, -0.15) is 0 Å². The molecule has 1 aromatic carbocycles. The van der Waals surface area contributed by atoms with Crippen LogP contribution in [0.5, 0.6) is 5.75 Å². The van der Waals surface area contributed by atoms with Gasteiger partial charge in [0.15, 0.2) is 6.04 Å². The predicted molar refractivity (Wildman–Crippen MR) is 87.3 cm³/mol. The van der Waals surface area contributed by atoms with Gasteiger partial charge in [0.2, 0.25) is 6.04 Å². The Balaban J connectivity index is 2.96. The zero-order valence-corrected chi connectivity index (χ0v) is 13.8. The van der Waals surface area contributed by atoms with Crippen LogP contribution in [0, 0.1) is 10.1 Å². The number of carbonyl (C=O) groups excluding carboxylic acids is 1. The molecule has 0 fully saturated rings. The van der Waals surface area contributed by atoms with Crippen LogP contribution in [0.25, 0.3) is 0 Å². The molecule has 23 heavy (non-hydrogen) atoms. The van der Waals surface area contributed by atoms with Crippen molar-refractivity contribution >= 4 is 11.7 Å². The van der Waals surface area contributed by atoms with Gasteiger partial charge in [-0.15, -0.1) is 0 Å². The Labute approximate surface area is 136 Å². The minimum Gasteiger partial charge on any atom is -0.497 e. The minimum atomic E-state index is -1.03. The lowest BCUT2D eigenvalue weighted by Gasteiger charge is -2.21. The summed E-state index contributed by atoms with van der Waals surface area (Å²) >= 11 is 0. The third kappa shape index (κ3) is 5.77. The topological polar surface area (TPSA) is 90.7 Å². The number of anilines is 1. The van der Waals surface area contributed by atoms with Gasteiger partial charge in [0.05, 0.1) is 13.7 Å². The highest BCUT2D eigenvalue weighted by Gasteiger charge is 2.37. The van der Waals surface area contributed by atoms with Crippen molar-refractivity contribution < 1.29 is 19.2 Å². The average molecular weight is 324 g/mol. The number of rotatable bonds is 10. The van der Waals surface area contributed by atoms with Crippen molar-refractivity contribution in [2.75, 3.05) is 19.0 Å². The third-order valence-corrected chi connectivity index (χ3v) is 3.46. The van der Waals surface area contributed by atoms with Crippen LogP contribution in [0.4, 0.5) is 5.69 Å². The summed E-state index contributed by atoms with van der Waals surface area (Å²) in [6.45, 7) is 3.81. The van der Waals surface area contributed by atoms with Gasteiger partial charge in [0.1, 0.15) is 5.75 Å². The number of ether oxygens (including phenoxy) is 2. The molecule has 0 saturated carbocycles. The van der Waals surface area contributed by atoms with Crippen molar-refractivity contribution in [1.82, 2.24) is 0 Å². The normalized spacial score (nSPS) is 13.0. The molecule has 0 aliphatic heterocycles. The summed E-state index contributed by atoms with van der Waals surface area (Å²) in [7, 11) is 1.55. The summed E-state index contributed by atoms with van der Waals surface area (Å²) in [5.41, 5.74) is 0.604. The number of nitrogens with one attached hydrogen (secondary N) is 1. The molecule has 0 saturated heterocycles. The highest BCUT2D eigenvalue weighted by Crippen LogP contribution is 2.19. The molecule has 7 heteroatoms. The van der Waals surface area contributed by atoms with E-state index in [0.717, 1.165) is 6.42 Å². The molecular weight excluding hydrogens is 300 g/mol. The standard InChI is InChI=1S/C16H24N2O5/c1-4-6-7-14(18(20)21)15(16(19)23-5-2)17-12-8-10-13(22-3)11-9-12/h8-11,14-15,17H,4-7H2,1-3H3. The van der Waals surface area contributed by atoms with Crippen LogP contribution in [0.1, 0.15) is 33.1 Å². The maximum atomic E-state index is 12.2. The Kier molecular flexibility index (Phi) is 7.87. The molecule has 0 radical (unpaired) electrons. The summed E-state index contributed by atoms with van der Waals surface area (Å²) in [6, 6.07) is 4.81. The minimum absolute atomic E-state index is 0.178. The molecular formula is C16H24N2O5. The molecule has 2 unspecified atom stereocenters. The molecule has 0 heterocycles. The zero-order valence-electron chi connectivity index (χ0n) is 13.8. The van der Waals surface area contributed by atoms with Gasteiger partial charge < -0.3 is 14.8 Å². The van der Waals surface area contributed by atoms with E-state index in [9.17, 15) is 14.9 Å². The fourth-order valence-electron chi connectivity index (χ4n) is 2.22. The molecule has 0 aliphatic rings. The van der Waals surface area contributed by atoms with E-state index in [2.05, 4.69) is 5.32 Å². The first kappa shape index (κ1) is 18.7. The van der Waals surface area contributed by atoms with Crippen molar-refractivity contribution in [1.29, 1.82) is 0 Å². The van der Waals surface area contributed by atoms with Crippen molar-refractivity contribution in [3.8, 4) is 5.75 Å². The van der Waals surface area contributed by atoms with E-state index in [-0.39, 0.29) is 6.61 Å². The quantitative estimate of drug-likeness (QED) is 0.404. The molecule has 1 aromatic rings. The number of nitrogens with zero attached hydrogens (tertiary/aromatic N) is 1. The van der Waals surface area contributed by atoms with Crippen LogP contribution in [-0.2, 0) is 9.53 Å². The van der Waals surface area contributed by atoms with Gasteiger partial charge in [-0.1, -0.05) is 13.3 Å². The van der Waals surface area contributed by atoms with Crippen LogP contribution < -0.4 is 10.1 Å². The van der Waals surface area contributed by atoms with Gasteiger partial charge in [-0.05, 0) is 37.6 Å². The Hall–Kier alpha value is -2.31. The van der Waals surface area contributed by atoms with E-state index in [0.29, 0.717) is 24.3 Å².